The zero-order chi connectivity index (χ0) is 16.4. The van der Waals surface area contributed by atoms with Crippen molar-refractivity contribution in [2.75, 3.05) is 19.7 Å². The summed E-state index contributed by atoms with van der Waals surface area (Å²) in [6, 6.07) is 1.43. The standard InChI is InChI=1S/C15H18N4O3S/c1-9-5-13(20)18-15(16-9)12-7-19(3-4-22-12)14(21)6-11-8-23-10(2)17-11/h5,8,12H,3-4,6-7H2,1-2H3,(H,16,18,20). The summed E-state index contributed by atoms with van der Waals surface area (Å²) in [6.07, 6.45) is -0.119. The van der Waals surface area contributed by atoms with E-state index < -0.39 is 6.10 Å². The van der Waals surface area contributed by atoms with Gasteiger partial charge in [-0.1, -0.05) is 0 Å². The fourth-order valence-corrected chi connectivity index (χ4v) is 3.16. The highest BCUT2D eigenvalue weighted by atomic mass is 32.1. The Morgan fingerprint density at radius 2 is 2.30 bits per heavy atom. The number of nitrogens with zero attached hydrogens (tertiary/aromatic N) is 3. The highest BCUT2D eigenvalue weighted by Crippen LogP contribution is 2.19. The average molecular weight is 334 g/mol. The monoisotopic (exact) mass is 334 g/mol. The number of amides is 1. The highest BCUT2D eigenvalue weighted by molar-refractivity contribution is 7.09. The molecule has 0 aromatic carbocycles. The Labute approximate surface area is 137 Å². The van der Waals surface area contributed by atoms with E-state index in [2.05, 4.69) is 15.0 Å². The van der Waals surface area contributed by atoms with Crippen LogP contribution in [0.5, 0.6) is 0 Å². The Morgan fingerprint density at radius 1 is 1.48 bits per heavy atom. The summed E-state index contributed by atoms with van der Waals surface area (Å²) < 4.78 is 5.67. The molecule has 0 radical (unpaired) electrons. The van der Waals surface area contributed by atoms with Crippen LogP contribution in [0.2, 0.25) is 0 Å². The molecule has 1 N–H and O–H groups in total. The number of aryl methyl sites for hydroxylation is 2. The lowest BCUT2D eigenvalue weighted by molar-refractivity contribution is -0.138. The van der Waals surface area contributed by atoms with Crippen LogP contribution < -0.4 is 5.56 Å². The second-order valence-electron chi connectivity index (χ2n) is 5.51. The second kappa shape index (κ2) is 6.59. The Morgan fingerprint density at radius 3 is 3.00 bits per heavy atom. The number of ether oxygens (including phenoxy) is 1. The second-order valence-corrected chi connectivity index (χ2v) is 6.57. The molecule has 7 nitrogen and oxygen atoms in total. The topological polar surface area (TPSA) is 88.2 Å². The van der Waals surface area contributed by atoms with Crippen LogP contribution >= 0.6 is 11.3 Å². The Bertz CT molecular complexity index is 770. The van der Waals surface area contributed by atoms with E-state index in [0.717, 1.165) is 10.7 Å². The Balaban J connectivity index is 1.70. The molecule has 23 heavy (non-hydrogen) atoms. The summed E-state index contributed by atoms with van der Waals surface area (Å²) in [7, 11) is 0. The van der Waals surface area contributed by atoms with E-state index in [1.165, 1.54) is 17.4 Å². The number of thiazole rings is 1. The lowest BCUT2D eigenvalue weighted by Gasteiger charge is -2.32. The zero-order valence-electron chi connectivity index (χ0n) is 13.0. The predicted molar refractivity (Wildman–Crippen MR) is 85.4 cm³/mol. The van der Waals surface area contributed by atoms with Crippen molar-refractivity contribution in [2.24, 2.45) is 0 Å². The van der Waals surface area contributed by atoms with Gasteiger partial charge in [0.1, 0.15) is 11.9 Å². The molecule has 1 fully saturated rings. The number of carbonyl (C=O) groups is 1. The molecule has 3 rings (SSSR count). The number of H-pyrrole nitrogens is 1. The first-order chi connectivity index (χ1) is 11.0. The largest absolute Gasteiger partial charge is 0.367 e. The molecule has 0 spiro atoms. The number of aromatic nitrogens is 3. The lowest BCUT2D eigenvalue weighted by atomic mass is 10.2. The van der Waals surface area contributed by atoms with E-state index in [1.807, 2.05) is 12.3 Å². The Kier molecular flexibility index (Phi) is 4.53. The average Bonchev–Trinajstić information content (AvgIpc) is 2.91. The van der Waals surface area contributed by atoms with Crippen LogP contribution in [0, 0.1) is 13.8 Å². The summed E-state index contributed by atoms with van der Waals surface area (Å²) >= 11 is 1.54. The van der Waals surface area contributed by atoms with Crippen molar-refractivity contribution < 1.29 is 9.53 Å². The van der Waals surface area contributed by atoms with Crippen LogP contribution in [0.25, 0.3) is 0 Å². The van der Waals surface area contributed by atoms with Crippen LogP contribution in [-0.2, 0) is 16.0 Å². The van der Waals surface area contributed by atoms with Crippen molar-refractivity contribution in [3.05, 3.63) is 44.0 Å². The van der Waals surface area contributed by atoms with Crippen molar-refractivity contribution in [3.8, 4) is 0 Å². The molecule has 2 aromatic heterocycles. The van der Waals surface area contributed by atoms with Gasteiger partial charge in [0.15, 0.2) is 0 Å². The first-order valence-corrected chi connectivity index (χ1v) is 8.27. The summed E-state index contributed by atoms with van der Waals surface area (Å²) in [4.78, 5) is 37.1. The number of hydrogen-bond donors (Lipinski definition) is 1. The number of morpholine rings is 1. The van der Waals surface area contributed by atoms with E-state index in [-0.39, 0.29) is 17.9 Å². The highest BCUT2D eigenvalue weighted by Gasteiger charge is 2.27. The van der Waals surface area contributed by atoms with E-state index in [1.54, 1.807) is 11.8 Å². The van der Waals surface area contributed by atoms with Crippen LogP contribution in [0.4, 0.5) is 0 Å². The van der Waals surface area contributed by atoms with Gasteiger partial charge in [-0.3, -0.25) is 9.59 Å². The van der Waals surface area contributed by atoms with Gasteiger partial charge in [-0.05, 0) is 13.8 Å². The molecule has 0 bridgehead atoms. The zero-order valence-corrected chi connectivity index (χ0v) is 13.9. The van der Waals surface area contributed by atoms with Gasteiger partial charge in [0.2, 0.25) is 5.91 Å². The third-order valence-corrected chi connectivity index (χ3v) is 4.43. The fourth-order valence-electron chi connectivity index (χ4n) is 2.55. The molecular weight excluding hydrogens is 316 g/mol. The lowest BCUT2D eigenvalue weighted by Crippen LogP contribution is -2.43. The molecular formula is C15H18N4O3S. The SMILES string of the molecule is Cc1cc(=O)[nH]c(C2CN(C(=O)Cc3csc(C)n3)CCO2)n1. The van der Waals surface area contributed by atoms with Gasteiger partial charge >= 0.3 is 0 Å². The van der Waals surface area contributed by atoms with Crippen LogP contribution in [-0.4, -0.2) is 45.5 Å². The van der Waals surface area contributed by atoms with Gasteiger partial charge in [0, 0.05) is 23.7 Å². The molecule has 1 unspecified atom stereocenters. The molecule has 2 aromatic rings. The van der Waals surface area contributed by atoms with Gasteiger partial charge in [0.05, 0.1) is 30.3 Å². The molecule has 3 heterocycles. The molecule has 1 atom stereocenters. The number of hydrogen-bond acceptors (Lipinski definition) is 6. The molecule has 122 valence electrons. The van der Waals surface area contributed by atoms with Crippen molar-refractivity contribution in [2.45, 2.75) is 26.4 Å². The smallest absolute Gasteiger partial charge is 0.251 e. The molecule has 1 aliphatic heterocycles. The normalized spacial score (nSPS) is 18.2. The maximum atomic E-state index is 12.4. The maximum Gasteiger partial charge on any atom is 0.251 e. The number of carbonyl (C=O) groups excluding carboxylic acids is 1. The van der Waals surface area contributed by atoms with E-state index in [9.17, 15) is 9.59 Å². The van der Waals surface area contributed by atoms with Crippen molar-refractivity contribution >= 4 is 17.2 Å². The van der Waals surface area contributed by atoms with E-state index in [0.29, 0.717) is 31.2 Å². The van der Waals surface area contributed by atoms with Gasteiger partial charge in [-0.2, -0.15) is 0 Å². The molecule has 1 saturated heterocycles. The minimum absolute atomic E-state index is 0.0126. The van der Waals surface area contributed by atoms with E-state index >= 15 is 0 Å². The van der Waals surface area contributed by atoms with Crippen LogP contribution in [0.15, 0.2) is 16.2 Å². The molecule has 0 saturated carbocycles. The fraction of sp³-hybridized carbons (Fsp3) is 0.467. The minimum atomic E-state index is -0.405. The van der Waals surface area contributed by atoms with Crippen LogP contribution in [0.3, 0.4) is 0 Å². The summed E-state index contributed by atoms with van der Waals surface area (Å²) in [5.74, 6) is 0.482. The number of nitrogens with one attached hydrogen (secondary N) is 1. The first-order valence-electron chi connectivity index (χ1n) is 7.39. The number of rotatable bonds is 3. The predicted octanol–water partition coefficient (Wildman–Crippen LogP) is 0.986. The molecule has 1 amide bonds. The summed E-state index contributed by atoms with van der Waals surface area (Å²) in [6.45, 7) is 5.02. The first kappa shape index (κ1) is 15.8. The van der Waals surface area contributed by atoms with Crippen molar-refractivity contribution in [1.29, 1.82) is 0 Å². The van der Waals surface area contributed by atoms with Gasteiger partial charge in [-0.15, -0.1) is 11.3 Å². The molecule has 8 heteroatoms. The third-order valence-electron chi connectivity index (χ3n) is 3.61. The Hall–Kier alpha value is -2.06. The summed E-state index contributed by atoms with van der Waals surface area (Å²) in [5, 5.41) is 2.86. The van der Waals surface area contributed by atoms with Crippen LogP contribution in [0.1, 0.15) is 28.3 Å². The van der Waals surface area contributed by atoms with Crippen molar-refractivity contribution in [3.63, 3.8) is 0 Å². The van der Waals surface area contributed by atoms with Gasteiger partial charge in [-0.25, -0.2) is 9.97 Å². The minimum Gasteiger partial charge on any atom is -0.367 e. The van der Waals surface area contributed by atoms with Gasteiger partial charge < -0.3 is 14.6 Å². The molecule has 1 aliphatic rings. The molecule has 0 aliphatic carbocycles. The van der Waals surface area contributed by atoms with Gasteiger partial charge in [0.25, 0.3) is 5.56 Å². The van der Waals surface area contributed by atoms with E-state index in [4.69, 9.17) is 4.74 Å². The maximum absolute atomic E-state index is 12.4. The number of aromatic amines is 1. The quantitative estimate of drug-likeness (QED) is 0.904. The summed E-state index contributed by atoms with van der Waals surface area (Å²) in [5.41, 5.74) is 1.22. The third kappa shape index (κ3) is 3.83. The van der Waals surface area contributed by atoms with Crippen molar-refractivity contribution in [1.82, 2.24) is 19.9 Å².